The fraction of sp³-hybridized carbons (Fsp3) is 0.923. The highest BCUT2D eigenvalue weighted by molar-refractivity contribution is 5.82. The molecule has 0 spiro atoms. The predicted molar refractivity (Wildman–Crippen MR) is 66.5 cm³/mol. The first kappa shape index (κ1) is 12.8. The van der Waals surface area contributed by atoms with E-state index in [1.165, 1.54) is 19.3 Å². The molecule has 2 rings (SSSR count). The maximum absolute atomic E-state index is 12.0. The van der Waals surface area contributed by atoms with E-state index in [1.807, 2.05) is 6.92 Å². The Morgan fingerprint density at radius 1 is 1.41 bits per heavy atom. The van der Waals surface area contributed by atoms with Crippen LogP contribution in [-0.2, 0) is 9.53 Å². The van der Waals surface area contributed by atoms with E-state index >= 15 is 0 Å². The minimum absolute atomic E-state index is 0.214. The molecule has 0 aromatic rings. The smallest absolute Gasteiger partial charge is 0.327 e. The maximum Gasteiger partial charge on any atom is 0.327 e. The molecule has 1 unspecified atom stereocenters. The van der Waals surface area contributed by atoms with Crippen LogP contribution in [0.3, 0.4) is 0 Å². The van der Waals surface area contributed by atoms with Crippen molar-refractivity contribution < 1.29 is 9.53 Å². The third-order valence-electron chi connectivity index (χ3n) is 4.17. The number of ether oxygens (including phenoxy) is 1. The Morgan fingerprint density at radius 2 is 2.06 bits per heavy atom. The van der Waals surface area contributed by atoms with Gasteiger partial charge in [0, 0.05) is 12.6 Å². The number of likely N-dealkylation sites (N-methyl/N-ethyl adjacent to an activating group) is 1. The molecule has 0 aromatic carbocycles. The van der Waals surface area contributed by atoms with Gasteiger partial charge in [-0.15, -0.1) is 0 Å². The summed E-state index contributed by atoms with van der Waals surface area (Å²) >= 11 is 0. The van der Waals surface area contributed by atoms with Gasteiger partial charge in [0.25, 0.3) is 0 Å². The lowest BCUT2D eigenvalue weighted by atomic mass is 9.88. The zero-order chi connectivity index (χ0) is 12.5. The zero-order valence-electron chi connectivity index (χ0n) is 10.9. The van der Waals surface area contributed by atoms with Crippen LogP contribution in [0.1, 0.15) is 39.0 Å². The normalized spacial score (nSPS) is 24.2. The molecule has 0 radical (unpaired) electrons. The molecule has 0 saturated heterocycles. The topological polar surface area (TPSA) is 55.6 Å². The van der Waals surface area contributed by atoms with Gasteiger partial charge in [-0.1, -0.05) is 6.42 Å². The minimum atomic E-state index is -0.777. The quantitative estimate of drug-likeness (QED) is 0.707. The van der Waals surface area contributed by atoms with E-state index in [2.05, 4.69) is 11.9 Å². The second-order valence-corrected chi connectivity index (χ2v) is 5.53. The van der Waals surface area contributed by atoms with Gasteiger partial charge in [-0.05, 0) is 45.6 Å². The third kappa shape index (κ3) is 2.63. The molecular weight excluding hydrogens is 216 g/mol. The highest BCUT2D eigenvalue weighted by Gasteiger charge is 2.50. The largest absolute Gasteiger partial charge is 0.465 e. The first-order valence-corrected chi connectivity index (χ1v) is 6.74. The van der Waals surface area contributed by atoms with E-state index in [-0.39, 0.29) is 5.97 Å². The Balaban J connectivity index is 1.97. The molecule has 2 aliphatic rings. The molecule has 1 atom stereocenters. The van der Waals surface area contributed by atoms with Gasteiger partial charge in [0.1, 0.15) is 5.54 Å². The summed E-state index contributed by atoms with van der Waals surface area (Å²) < 4.78 is 5.15. The molecule has 98 valence electrons. The van der Waals surface area contributed by atoms with E-state index in [0.717, 1.165) is 12.8 Å². The van der Waals surface area contributed by atoms with Gasteiger partial charge in [0.2, 0.25) is 0 Å². The first-order chi connectivity index (χ1) is 8.08. The Hall–Kier alpha value is -0.610. The predicted octanol–water partition coefficient (Wildman–Crippen LogP) is 1.14. The minimum Gasteiger partial charge on any atom is -0.465 e. The summed E-state index contributed by atoms with van der Waals surface area (Å²) in [7, 11) is 2.08. The van der Waals surface area contributed by atoms with E-state index in [0.29, 0.717) is 25.1 Å². The van der Waals surface area contributed by atoms with Gasteiger partial charge in [0.05, 0.1) is 6.61 Å². The molecule has 2 aliphatic carbocycles. The van der Waals surface area contributed by atoms with Crippen molar-refractivity contribution in [2.24, 2.45) is 11.7 Å². The number of carbonyl (C=O) groups excluding carboxylic acids is 1. The molecule has 4 nitrogen and oxygen atoms in total. The summed E-state index contributed by atoms with van der Waals surface area (Å²) in [6, 6.07) is 0.617. The number of nitrogens with two attached hydrogens (primary N) is 1. The monoisotopic (exact) mass is 240 g/mol. The number of hydrogen-bond donors (Lipinski definition) is 1. The van der Waals surface area contributed by atoms with Crippen molar-refractivity contribution in [3.05, 3.63) is 0 Å². The number of carbonyl (C=O) groups is 1. The SMILES string of the molecule is CCOC(=O)C(N)(CN(C)C1CCC1)C1CC1. The summed E-state index contributed by atoms with van der Waals surface area (Å²) in [6.45, 7) is 2.89. The summed E-state index contributed by atoms with van der Waals surface area (Å²) in [5, 5.41) is 0. The van der Waals surface area contributed by atoms with E-state index in [9.17, 15) is 4.79 Å². The van der Waals surface area contributed by atoms with Gasteiger partial charge in [-0.3, -0.25) is 0 Å². The Labute approximate surface area is 103 Å². The van der Waals surface area contributed by atoms with Crippen LogP contribution in [-0.4, -0.2) is 42.6 Å². The second kappa shape index (κ2) is 4.94. The standard InChI is InChI=1S/C13H24N2O2/c1-3-17-12(16)13(14,10-7-8-10)9-15(2)11-5-4-6-11/h10-11H,3-9,14H2,1-2H3. The van der Waals surface area contributed by atoms with Crippen LogP contribution in [0.4, 0.5) is 0 Å². The Morgan fingerprint density at radius 3 is 2.47 bits per heavy atom. The molecule has 0 bridgehead atoms. The molecule has 2 fully saturated rings. The molecule has 4 heteroatoms. The fourth-order valence-corrected chi connectivity index (χ4v) is 2.59. The van der Waals surface area contributed by atoms with Crippen LogP contribution in [0, 0.1) is 5.92 Å². The fourth-order valence-electron chi connectivity index (χ4n) is 2.59. The second-order valence-electron chi connectivity index (χ2n) is 5.53. The molecular formula is C13H24N2O2. The van der Waals surface area contributed by atoms with E-state index in [1.54, 1.807) is 0 Å². The van der Waals surface area contributed by atoms with Crippen molar-refractivity contribution >= 4 is 5.97 Å². The van der Waals surface area contributed by atoms with Crippen LogP contribution in [0.5, 0.6) is 0 Å². The van der Waals surface area contributed by atoms with Crippen LogP contribution < -0.4 is 5.73 Å². The van der Waals surface area contributed by atoms with Crippen molar-refractivity contribution in [3.8, 4) is 0 Å². The number of hydrogen-bond acceptors (Lipinski definition) is 4. The third-order valence-corrected chi connectivity index (χ3v) is 4.17. The lowest BCUT2D eigenvalue weighted by Crippen LogP contribution is -2.60. The first-order valence-electron chi connectivity index (χ1n) is 6.74. The molecule has 2 N–H and O–H groups in total. The summed E-state index contributed by atoms with van der Waals surface area (Å²) in [5.41, 5.74) is 5.56. The highest BCUT2D eigenvalue weighted by atomic mass is 16.5. The maximum atomic E-state index is 12.0. The number of rotatable bonds is 6. The van der Waals surface area contributed by atoms with Crippen LogP contribution >= 0.6 is 0 Å². The lowest BCUT2D eigenvalue weighted by molar-refractivity contribution is -0.151. The van der Waals surface area contributed by atoms with Crippen molar-refractivity contribution in [3.63, 3.8) is 0 Å². The summed E-state index contributed by atoms with van der Waals surface area (Å²) in [5.74, 6) is 0.109. The number of esters is 1. The molecule has 0 amide bonds. The van der Waals surface area contributed by atoms with Crippen molar-refractivity contribution in [2.75, 3.05) is 20.2 Å². The lowest BCUT2D eigenvalue weighted by Gasteiger charge is -2.39. The number of nitrogens with zero attached hydrogens (tertiary/aromatic N) is 1. The van der Waals surface area contributed by atoms with Gasteiger partial charge in [-0.2, -0.15) is 0 Å². The van der Waals surface area contributed by atoms with Gasteiger partial charge in [0.15, 0.2) is 0 Å². The average Bonchev–Trinajstić information content (AvgIpc) is 2.97. The van der Waals surface area contributed by atoms with Gasteiger partial charge in [-0.25, -0.2) is 4.79 Å². The van der Waals surface area contributed by atoms with Crippen LogP contribution in [0.25, 0.3) is 0 Å². The average molecular weight is 240 g/mol. The highest BCUT2D eigenvalue weighted by Crippen LogP contribution is 2.40. The summed E-state index contributed by atoms with van der Waals surface area (Å²) in [6.07, 6.45) is 5.90. The van der Waals surface area contributed by atoms with Gasteiger partial charge >= 0.3 is 5.97 Å². The van der Waals surface area contributed by atoms with Crippen molar-refractivity contribution in [1.82, 2.24) is 4.90 Å². The molecule has 17 heavy (non-hydrogen) atoms. The van der Waals surface area contributed by atoms with Crippen LogP contribution in [0.15, 0.2) is 0 Å². The summed E-state index contributed by atoms with van der Waals surface area (Å²) in [4.78, 5) is 14.3. The molecule has 2 saturated carbocycles. The Kier molecular flexibility index (Phi) is 3.73. The zero-order valence-corrected chi connectivity index (χ0v) is 10.9. The molecule has 0 heterocycles. The molecule has 0 aromatic heterocycles. The van der Waals surface area contributed by atoms with Gasteiger partial charge < -0.3 is 15.4 Å². The van der Waals surface area contributed by atoms with E-state index < -0.39 is 5.54 Å². The Bertz CT molecular complexity index is 287. The van der Waals surface area contributed by atoms with Crippen LogP contribution in [0.2, 0.25) is 0 Å². The van der Waals surface area contributed by atoms with Crippen molar-refractivity contribution in [1.29, 1.82) is 0 Å². The van der Waals surface area contributed by atoms with E-state index in [4.69, 9.17) is 10.5 Å². The molecule has 0 aliphatic heterocycles. The van der Waals surface area contributed by atoms with Crippen molar-refractivity contribution in [2.45, 2.75) is 50.6 Å².